The summed E-state index contributed by atoms with van der Waals surface area (Å²) >= 11 is 5.35. The first-order valence-electron chi connectivity index (χ1n) is 5.68. The summed E-state index contributed by atoms with van der Waals surface area (Å²) in [7, 11) is 0. The number of hydrogen-bond acceptors (Lipinski definition) is 2. The van der Waals surface area contributed by atoms with E-state index in [4.69, 9.17) is 4.74 Å². The summed E-state index contributed by atoms with van der Waals surface area (Å²) < 4.78 is 8.19. The molecule has 0 saturated carbocycles. The van der Waals surface area contributed by atoms with Crippen LogP contribution in [-0.2, 0) is 6.61 Å². The second kappa shape index (κ2) is 5.12. The van der Waals surface area contributed by atoms with Crippen molar-refractivity contribution >= 4 is 37.4 Å². The molecular formula is C15H11BrOS. The van der Waals surface area contributed by atoms with Crippen LogP contribution in [0.5, 0.6) is 5.75 Å². The maximum atomic E-state index is 5.76. The van der Waals surface area contributed by atoms with Crippen LogP contribution in [0.2, 0.25) is 0 Å². The second-order valence-corrected chi connectivity index (χ2v) is 5.99. The fourth-order valence-electron chi connectivity index (χ4n) is 1.82. The molecule has 90 valence electrons. The molecule has 0 radical (unpaired) electrons. The number of benzene rings is 2. The van der Waals surface area contributed by atoms with Crippen molar-refractivity contribution in [2.45, 2.75) is 6.61 Å². The number of fused-ring (bicyclic) bond motifs is 1. The van der Waals surface area contributed by atoms with E-state index >= 15 is 0 Å². The number of ether oxygens (including phenoxy) is 1. The molecule has 3 aromatic rings. The predicted molar refractivity (Wildman–Crippen MR) is 80.3 cm³/mol. The van der Waals surface area contributed by atoms with Gasteiger partial charge in [0, 0.05) is 19.4 Å². The Morgan fingerprint density at radius 1 is 1.00 bits per heavy atom. The number of halogens is 1. The molecule has 0 spiro atoms. The Morgan fingerprint density at radius 3 is 2.61 bits per heavy atom. The van der Waals surface area contributed by atoms with Crippen LogP contribution in [-0.4, -0.2) is 0 Å². The van der Waals surface area contributed by atoms with Crippen LogP contribution in [0.4, 0.5) is 0 Å². The summed E-state index contributed by atoms with van der Waals surface area (Å²) in [6.07, 6.45) is 0. The zero-order chi connectivity index (χ0) is 12.4. The van der Waals surface area contributed by atoms with Crippen LogP contribution in [0.3, 0.4) is 0 Å². The Balaban J connectivity index is 1.81. The zero-order valence-corrected chi connectivity index (χ0v) is 12.0. The van der Waals surface area contributed by atoms with Gasteiger partial charge < -0.3 is 4.74 Å². The normalized spacial score (nSPS) is 10.7. The second-order valence-electron chi connectivity index (χ2n) is 3.97. The van der Waals surface area contributed by atoms with Crippen LogP contribution in [0.25, 0.3) is 10.1 Å². The average molecular weight is 319 g/mol. The molecule has 0 bridgehead atoms. The highest BCUT2D eigenvalue weighted by atomic mass is 79.9. The third kappa shape index (κ3) is 2.42. The van der Waals surface area contributed by atoms with E-state index in [1.165, 1.54) is 15.0 Å². The fraction of sp³-hybridized carbons (Fsp3) is 0.0667. The van der Waals surface area contributed by atoms with Gasteiger partial charge in [0.2, 0.25) is 0 Å². The Bertz CT molecular complexity index is 661. The summed E-state index contributed by atoms with van der Waals surface area (Å²) in [4.78, 5) is 1.24. The first kappa shape index (κ1) is 11.8. The molecule has 2 aromatic carbocycles. The van der Waals surface area contributed by atoms with Gasteiger partial charge in [0.15, 0.2) is 0 Å². The summed E-state index contributed by atoms with van der Waals surface area (Å²) in [5.74, 6) is 0.911. The lowest BCUT2D eigenvalue weighted by molar-refractivity contribution is 0.310. The number of hydrogen-bond donors (Lipinski definition) is 0. The summed E-state index contributed by atoms with van der Waals surface area (Å²) in [6, 6.07) is 18.4. The quantitative estimate of drug-likeness (QED) is 0.641. The molecule has 0 saturated heterocycles. The van der Waals surface area contributed by atoms with Crippen molar-refractivity contribution in [2.24, 2.45) is 0 Å². The number of rotatable bonds is 3. The highest BCUT2D eigenvalue weighted by Gasteiger charge is 2.05. The minimum Gasteiger partial charge on any atom is -0.488 e. The minimum atomic E-state index is 0.621. The lowest BCUT2D eigenvalue weighted by atomic mass is 10.2. The Labute approximate surface area is 118 Å². The van der Waals surface area contributed by atoms with E-state index in [9.17, 15) is 0 Å². The molecule has 1 nitrogen and oxygen atoms in total. The highest BCUT2D eigenvalue weighted by molar-refractivity contribution is 9.10. The Kier molecular flexibility index (Phi) is 3.35. The average Bonchev–Trinajstić information content (AvgIpc) is 2.82. The fourth-order valence-corrected chi connectivity index (χ4v) is 3.43. The van der Waals surface area contributed by atoms with Crippen molar-refractivity contribution < 1.29 is 4.74 Å². The zero-order valence-electron chi connectivity index (χ0n) is 9.60. The van der Waals surface area contributed by atoms with Gasteiger partial charge in [-0.1, -0.05) is 40.2 Å². The van der Waals surface area contributed by atoms with Crippen molar-refractivity contribution in [3.63, 3.8) is 0 Å². The Morgan fingerprint density at radius 2 is 1.83 bits per heavy atom. The van der Waals surface area contributed by atoms with Gasteiger partial charge in [0.05, 0.1) is 0 Å². The Hall–Kier alpha value is -1.32. The van der Waals surface area contributed by atoms with Gasteiger partial charge in [-0.3, -0.25) is 0 Å². The van der Waals surface area contributed by atoms with E-state index in [0.29, 0.717) is 6.61 Å². The first-order chi connectivity index (χ1) is 8.83. The highest BCUT2D eigenvalue weighted by Crippen LogP contribution is 2.31. The molecule has 1 aromatic heterocycles. The number of thiophene rings is 1. The largest absolute Gasteiger partial charge is 0.488 e. The van der Waals surface area contributed by atoms with E-state index in [-0.39, 0.29) is 0 Å². The molecule has 0 unspecified atom stereocenters. The topological polar surface area (TPSA) is 9.23 Å². The van der Waals surface area contributed by atoms with E-state index in [2.05, 4.69) is 40.2 Å². The first-order valence-corrected chi connectivity index (χ1v) is 7.29. The molecule has 0 atom stereocenters. The molecule has 0 amide bonds. The molecule has 0 aliphatic heterocycles. The molecular weight excluding hydrogens is 308 g/mol. The molecule has 0 fully saturated rings. The van der Waals surface area contributed by atoms with E-state index in [1.807, 2.05) is 30.3 Å². The van der Waals surface area contributed by atoms with Gasteiger partial charge >= 0.3 is 0 Å². The molecule has 18 heavy (non-hydrogen) atoms. The minimum absolute atomic E-state index is 0.621. The smallest absolute Gasteiger partial charge is 0.122 e. The van der Waals surface area contributed by atoms with Crippen LogP contribution in [0.15, 0.2) is 59.1 Å². The van der Waals surface area contributed by atoms with Crippen molar-refractivity contribution in [3.8, 4) is 5.75 Å². The third-order valence-corrected chi connectivity index (χ3v) is 4.45. The lowest BCUT2D eigenvalue weighted by Crippen LogP contribution is -1.91. The van der Waals surface area contributed by atoms with Crippen molar-refractivity contribution in [3.05, 3.63) is 63.9 Å². The van der Waals surface area contributed by atoms with Gasteiger partial charge in [0.25, 0.3) is 0 Å². The van der Waals surface area contributed by atoms with Crippen LogP contribution >= 0.6 is 27.3 Å². The summed E-state index contributed by atoms with van der Waals surface area (Å²) in [5, 5.41) is 1.26. The van der Waals surface area contributed by atoms with Crippen molar-refractivity contribution in [1.29, 1.82) is 0 Å². The molecule has 0 aliphatic carbocycles. The molecule has 3 heteroatoms. The van der Waals surface area contributed by atoms with Gasteiger partial charge in [-0.2, -0.15) is 0 Å². The summed E-state index contributed by atoms with van der Waals surface area (Å²) in [5.41, 5.74) is 0. The van der Waals surface area contributed by atoms with Crippen molar-refractivity contribution in [1.82, 2.24) is 0 Å². The van der Waals surface area contributed by atoms with E-state index < -0.39 is 0 Å². The summed E-state index contributed by atoms with van der Waals surface area (Å²) in [6.45, 7) is 0.621. The van der Waals surface area contributed by atoms with Gasteiger partial charge in [-0.25, -0.2) is 0 Å². The lowest BCUT2D eigenvalue weighted by Gasteiger charge is -2.02. The van der Waals surface area contributed by atoms with Crippen molar-refractivity contribution in [2.75, 3.05) is 0 Å². The van der Waals surface area contributed by atoms with E-state index in [1.54, 1.807) is 11.3 Å². The standard InChI is InChI=1S/C15H11BrOS/c16-14-7-4-8-15-13(14)9-12(18-15)10-17-11-5-2-1-3-6-11/h1-9H,10H2. The predicted octanol–water partition coefficient (Wildman–Crippen LogP) is 5.24. The monoisotopic (exact) mass is 318 g/mol. The van der Waals surface area contributed by atoms with E-state index in [0.717, 1.165) is 10.2 Å². The molecule has 3 rings (SSSR count). The van der Waals surface area contributed by atoms with Gasteiger partial charge in [-0.05, 0) is 30.3 Å². The van der Waals surface area contributed by atoms with Crippen LogP contribution < -0.4 is 4.74 Å². The van der Waals surface area contributed by atoms with Gasteiger partial charge in [-0.15, -0.1) is 11.3 Å². The SMILES string of the molecule is Brc1cccc2sc(COc3ccccc3)cc12. The maximum absolute atomic E-state index is 5.76. The van der Waals surface area contributed by atoms with Crippen LogP contribution in [0, 0.1) is 0 Å². The molecule has 0 N–H and O–H groups in total. The molecule has 1 heterocycles. The maximum Gasteiger partial charge on any atom is 0.122 e. The van der Waals surface area contributed by atoms with Crippen LogP contribution in [0.1, 0.15) is 4.88 Å². The number of para-hydroxylation sites is 1. The van der Waals surface area contributed by atoms with Gasteiger partial charge in [0.1, 0.15) is 12.4 Å². The molecule has 0 aliphatic rings. The third-order valence-electron chi connectivity index (χ3n) is 2.68.